The first kappa shape index (κ1) is 27.0. The van der Waals surface area contributed by atoms with Crippen LogP contribution < -0.4 is 5.32 Å². The van der Waals surface area contributed by atoms with Gasteiger partial charge in [0.2, 0.25) is 0 Å². The summed E-state index contributed by atoms with van der Waals surface area (Å²) in [6.07, 6.45) is 8.48. The molecular weight excluding hydrogens is 518 g/mol. The summed E-state index contributed by atoms with van der Waals surface area (Å²) in [5.74, 6) is 0.922. The average Bonchev–Trinajstić information content (AvgIpc) is 3.56. The molecule has 2 atom stereocenters. The largest absolute Gasteiger partial charge is 0.349 e. The SMILES string of the molecule is Cc1ccc2c(C(=O)N[C@H]3CC[C@H](CCN4[C@@H]5CC[C@H]4c4ccc(C(=O)Cc6ccccc6)cc45)CC3)cccc2n1. The lowest BCUT2D eigenvalue weighted by Gasteiger charge is -2.31. The van der Waals surface area contributed by atoms with E-state index in [1.165, 1.54) is 30.4 Å². The molecule has 1 amide bonds. The van der Waals surface area contributed by atoms with Gasteiger partial charge < -0.3 is 5.32 Å². The lowest BCUT2D eigenvalue weighted by Crippen LogP contribution is -2.38. The number of hydrogen-bond donors (Lipinski definition) is 1. The molecule has 5 nitrogen and oxygen atoms in total. The number of rotatable bonds is 8. The molecule has 214 valence electrons. The number of nitrogens with one attached hydrogen (secondary N) is 1. The maximum atomic E-state index is 13.2. The maximum Gasteiger partial charge on any atom is 0.252 e. The summed E-state index contributed by atoms with van der Waals surface area (Å²) in [5, 5.41) is 4.24. The van der Waals surface area contributed by atoms with Gasteiger partial charge in [0.25, 0.3) is 5.91 Å². The Morgan fingerprint density at radius 2 is 1.62 bits per heavy atom. The van der Waals surface area contributed by atoms with Gasteiger partial charge in [-0.25, -0.2) is 0 Å². The molecular formula is C37H39N3O2. The standard InChI is InChI=1S/C37H39N3O2/c1-24-10-16-29-31(8-5-9-33(29)38-24)37(42)39-28-14-11-25(12-15-28)20-21-40-34-18-19-35(40)32-23-27(13-17-30(32)34)36(41)22-26-6-3-2-4-7-26/h2-10,13,16-17,23,25,28,34-35H,11-12,14-15,18-22H2,1H3,(H,39,42)/t25-,28-,34-,35+/m0/s1. The van der Waals surface area contributed by atoms with Gasteiger partial charge in [-0.1, -0.05) is 54.6 Å². The van der Waals surface area contributed by atoms with Gasteiger partial charge in [0.05, 0.1) is 5.52 Å². The molecule has 0 spiro atoms. The number of aryl methyl sites for hydroxylation is 1. The van der Waals surface area contributed by atoms with Crippen molar-refractivity contribution in [3.63, 3.8) is 0 Å². The highest BCUT2D eigenvalue weighted by molar-refractivity contribution is 6.06. The number of Topliss-reactive ketones (excluding diaryl/α,β-unsaturated/α-hetero) is 1. The molecule has 1 N–H and O–H groups in total. The number of amides is 1. The maximum absolute atomic E-state index is 13.2. The van der Waals surface area contributed by atoms with Gasteiger partial charge in [-0.2, -0.15) is 0 Å². The molecule has 3 aromatic carbocycles. The van der Waals surface area contributed by atoms with Gasteiger partial charge in [-0.3, -0.25) is 19.5 Å². The molecule has 0 radical (unpaired) electrons. The molecule has 2 bridgehead atoms. The first-order valence-electron chi connectivity index (χ1n) is 15.7. The van der Waals surface area contributed by atoms with E-state index < -0.39 is 0 Å². The van der Waals surface area contributed by atoms with Crippen LogP contribution in [0.15, 0.2) is 78.9 Å². The van der Waals surface area contributed by atoms with Gasteiger partial charge in [-0.05, 0) is 105 Å². The van der Waals surface area contributed by atoms with Crippen LogP contribution in [0.5, 0.6) is 0 Å². The summed E-state index contributed by atoms with van der Waals surface area (Å²) in [7, 11) is 0. The number of ketones is 1. The van der Waals surface area contributed by atoms with Crippen LogP contribution >= 0.6 is 0 Å². The summed E-state index contributed by atoms with van der Waals surface area (Å²) >= 11 is 0. The summed E-state index contributed by atoms with van der Waals surface area (Å²) in [6, 6.07) is 27.5. The molecule has 2 fully saturated rings. The third-order valence-electron chi connectivity index (χ3n) is 9.94. The summed E-state index contributed by atoms with van der Waals surface area (Å²) in [5.41, 5.74) is 7.29. The van der Waals surface area contributed by atoms with E-state index in [4.69, 9.17) is 0 Å². The Balaban J connectivity index is 0.925. The smallest absolute Gasteiger partial charge is 0.252 e. The fraction of sp³-hybridized carbons (Fsp3) is 0.378. The van der Waals surface area contributed by atoms with Crippen molar-refractivity contribution in [3.8, 4) is 0 Å². The van der Waals surface area contributed by atoms with Gasteiger partial charge in [0, 0.05) is 46.8 Å². The highest BCUT2D eigenvalue weighted by atomic mass is 16.1. The minimum Gasteiger partial charge on any atom is -0.349 e. The number of carbonyl (C=O) groups excluding carboxylic acids is 2. The number of carbonyl (C=O) groups is 2. The molecule has 1 aliphatic carbocycles. The number of pyridine rings is 1. The Morgan fingerprint density at radius 3 is 2.43 bits per heavy atom. The molecule has 5 heteroatoms. The van der Waals surface area contributed by atoms with Crippen LogP contribution in [0.4, 0.5) is 0 Å². The van der Waals surface area contributed by atoms with Crippen molar-refractivity contribution >= 4 is 22.6 Å². The lowest BCUT2D eigenvalue weighted by molar-refractivity contribution is 0.0919. The highest BCUT2D eigenvalue weighted by Gasteiger charge is 2.43. The van der Waals surface area contributed by atoms with Crippen molar-refractivity contribution in [2.45, 2.75) is 76.4 Å². The van der Waals surface area contributed by atoms with E-state index in [0.29, 0.717) is 24.4 Å². The third-order valence-corrected chi connectivity index (χ3v) is 9.94. The van der Waals surface area contributed by atoms with E-state index in [-0.39, 0.29) is 17.7 Å². The second-order valence-electron chi connectivity index (χ2n) is 12.6. The zero-order valence-electron chi connectivity index (χ0n) is 24.4. The van der Waals surface area contributed by atoms with Crippen LogP contribution in [0.1, 0.15) is 100 Å². The number of fused-ring (bicyclic) bond motifs is 6. The van der Waals surface area contributed by atoms with E-state index in [9.17, 15) is 9.59 Å². The minimum absolute atomic E-state index is 0.0164. The predicted octanol–water partition coefficient (Wildman–Crippen LogP) is 7.54. The fourth-order valence-electron chi connectivity index (χ4n) is 7.71. The van der Waals surface area contributed by atoms with Crippen LogP contribution in [0.25, 0.3) is 10.9 Å². The topological polar surface area (TPSA) is 62.3 Å². The predicted molar refractivity (Wildman–Crippen MR) is 167 cm³/mol. The van der Waals surface area contributed by atoms with Gasteiger partial charge in [0.1, 0.15) is 0 Å². The van der Waals surface area contributed by atoms with Crippen LogP contribution in [-0.2, 0) is 6.42 Å². The number of hydrogen-bond acceptors (Lipinski definition) is 4. The Bertz CT molecular complexity index is 1620. The van der Waals surface area contributed by atoms with Gasteiger partial charge in [0.15, 0.2) is 5.78 Å². The first-order chi connectivity index (χ1) is 20.5. The Hall–Kier alpha value is -3.83. The number of aromatic nitrogens is 1. The summed E-state index contributed by atoms with van der Waals surface area (Å²) < 4.78 is 0. The minimum atomic E-state index is 0.0164. The second kappa shape index (κ2) is 11.4. The van der Waals surface area contributed by atoms with Crippen LogP contribution in [-0.4, -0.2) is 34.2 Å². The molecule has 3 aliphatic rings. The monoisotopic (exact) mass is 557 g/mol. The average molecular weight is 558 g/mol. The van der Waals surface area contributed by atoms with E-state index in [2.05, 4.69) is 27.3 Å². The van der Waals surface area contributed by atoms with Crippen molar-refractivity contribution in [1.82, 2.24) is 15.2 Å². The molecule has 2 aliphatic heterocycles. The summed E-state index contributed by atoms with van der Waals surface area (Å²) in [4.78, 5) is 33.5. The van der Waals surface area contributed by atoms with Crippen molar-refractivity contribution < 1.29 is 9.59 Å². The molecule has 1 saturated carbocycles. The Labute approximate surface area is 248 Å². The molecule has 0 unspecified atom stereocenters. The van der Waals surface area contributed by atoms with Crippen LogP contribution in [0.3, 0.4) is 0 Å². The Morgan fingerprint density at radius 1 is 0.833 bits per heavy atom. The second-order valence-corrected chi connectivity index (χ2v) is 12.6. The molecule has 1 saturated heterocycles. The van der Waals surface area contributed by atoms with Crippen LogP contribution in [0.2, 0.25) is 0 Å². The van der Waals surface area contributed by atoms with Gasteiger partial charge in [-0.15, -0.1) is 0 Å². The van der Waals surface area contributed by atoms with Crippen molar-refractivity contribution in [3.05, 3.63) is 112 Å². The van der Waals surface area contributed by atoms with Crippen LogP contribution in [0, 0.1) is 12.8 Å². The molecule has 7 rings (SSSR count). The zero-order chi connectivity index (χ0) is 28.6. The first-order valence-corrected chi connectivity index (χ1v) is 15.7. The summed E-state index contributed by atoms with van der Waals surface area (Å²) in [6.45, 7) is 3.09. The Kier molecular flexibility index (Phi) is 7.37. The quantitative estimate of drug-likeness (QED) is 0.227. The number of benzene rings is 3. The van der Waals surface area contributed by atoms with Crippen molar-refractivity contribution in [2.24, 2.45) is 5.92 Å². The van der Waals surface area contributed by atoms with E-state index in [0.717, 1.165) is 65.5 Å². The van der Waals surface area contributed by atoms with Crippen molar-refractivity contribution in [1.29, 1.82) is 0 Å². The van der Waals surface area contributed by atoms with E-state index in [1.54, 1.807) is 0 Å². The lowest BCUT2D eigenvalue weighted by atomic mass is 9.84. The normalized spacial score (nSPS) is 23.2. The fourth-order valence-corrected chi connectivity index (χ4v) is 7.71. The molecule has 4 aromatic rings. The zero-order valence-corrected chi connectivity index (χ0v) is 24.4. The molecule has 3 heterocycles. The van der Waals surface area contributed by atoms with Gasteiger partial charge >= 0.3 is 0 Å². The molecule has 1 aromatic heterocycles. The van der Waals surface area contributed by atoms with E-state index >= 15 is 0 Å². The number of nitrogens with zero attached hydrogens (tertiary/aromatic N) is 2. The van der Waals surface area contributed by atoms with Crippen molar-refractivity contribution in [2.75, 3.05) is 6.54 Å². The van der Waals surface area contributed by atoms with E-state index in [1.807, 2.05) is 73.7 Å². The third kappa shape index (κ3) is 5.27. The highest BCUT2D eigenvalue weighted by Crippen LogP contribution is 2.53. The molecule has 42 heavy (non-hydrogen) atoms.